The maximum absolute atomic E-state index is 12.5. The van der Waals surface area contributed by atoms with Gasteiger partial charge >= 0.3 is 5.97 Å². The molecule has 2 atom stereocenters. The molecule has 0 spiro atoms. The quantitative estimate of drug-likeness (QED) is 0.0320. The molecule has 1 amide bonds. The Kier molecular flexibility index (Phi) is 64.9. The smallest absolute Gasteiger partial charge is 0.305 e. The highest BCUT2D eigenvalue weighted by atomic mass is 16.5. The zero-order valence-electron chi connectivity index (χ0n) is 51.8. The van der Waals surface area contributed by atoms with E-state index in [9.17, 15) is 19.8 Å². The summed E-state index contributed by atoms with van der Waals surface area (Å²) in [6.45, 7) is 4.98. The maximum atomic E-state index is 12.5. The Morgan fingerprint density at radius 1 is 0.355 bits per heavy atom. The monoisotopic (exact) mass is 1070 g/mol. The predicted molar refractivity (Wildman–Crippen MR) is 333 cm³/mol. The van der Waals surface area contributed by atoms with E-state index >= 15 is 0 Å². The van der Waals surface area contributed by atoms with E-state index in [1.54, 1.807) is 0 Å². The highest BCUT2D eigenvalue weighted by Gasteiger charge is 2.20. The first-order chi connectivity index (χ1) is 37.5. The fourth-order valence-corrected chi connectivity index (χ4v) is 11.2. The van der Waals surface area contributed by atoms with E-state index in [0.29, 0.717) is 25.9 Å². The number of nitrogens with one attached hydrogen (secondary N) is 1. The molecule has 6 nitrogen and oxygen atoms in total. The van der Waals surface area contributed by atoms with Crippen LogP contribution in [0.5, 0.6) is 0 Å². The van der Waals surface area contributed by atoms with Gasteiger partial charge in [0.15, 0.2) is 0 Å². The lowest BCUT2D eigenvalue weighted by Gasteiger charge is -2.22. The molecular weight excluding hydrogens is 935 g/mol. The SMILES string of the molecule is CCCCCC/C=C\CCCCCCCC(=O)OCCCCCCCCCCCCCCCCCCCCCCCCCCCCC(=O)NC(CO)C(O)CCCCCCCCCCCCCCCCCCCCCC. The van der Waals surface area contributed by atoms with E-state index in [4.69, 9.17) is 4.74 Å². The van der Waals surface area contributed by atoms with E-state index in [2.05, 4.69) is 31.3 Å². The van der Waals surface area contributed by atoms with Gasteiger partial charge in [0.05, 0.1) is 25.4 Å². The molecule has 0 aromatic heterocycles. The summed E-state index contributed by atoms with van der Waals surface area (Å²) in [6.07, 6.45) is 81.1. The van der Waals surface area contributed by atoms with Crippen LogP contribution in [0.2, 0.25) is 0 Å². The minimum absolute atomic E-state index is 0.00899. The Morgan fingerprint density at radius 2 is 0.618 bits per heavy atom. The number of aliphatic hydroxyl groups is 2. The van der Waals surface area contributed by atoms with Crippen molar-refractivity contribution in [1.29, 1.82) is 0 Å². The molecule has 0 bridgehead atoms. The van der Waals surface area contributed by atoms with Crippen molar-refractivity contribution in [3.8, 4) is 0 Å². The van der Waals surface area contributed by atoms with Crippen LogP contribution in [-0.2, 0) is 14.3 Å². The number of amides is 1. The van der Waals surface area contributed by atoms with Crippen LogP contribution in [0.3, 0.4) is 0 Å². The van der Waals surface area contributed by atoms with Crippen LogP contribution in [0.25, 0.3) is 0 Å². The van der Waals surface area contributed by atoms with Crippen LogP contribution >= 0.6 is 0 Å². The molecule has 0 aromatic rings. The van der Waals surface area contributed by atoms with Crippen LogP contribution in [0, 0.1) is 0 Å². The molecule has 0 aliphatic carbocycles. The van der Waals surface area contributed by atoms with Gasteiger partial charge in [-0.2, -0.15) is 0 Å². The predicted octanol–water partition coefficient (Wildman–Crippen LogP) is 22.4. The summed E-state index contributed by atoms with van der Waals surface area (Å²) in [5.41, 5.74) is 0. The number of aliphatic hydroxyl groups excluding tert-OH is 2. The van der Waals surface area contributed by atoms with Crippen molar-refractivity contribution in [3.05, 3.63) is 12.2 Å². The zero-order valence-corrected chi connectivity index (χ0v) is 51.8. The van der Waals surface area contributed by atoms with Gasteiger partial charge in [-0.3, -0.25) is 9.59 Å². The van der Waals surface area contributed by atoms with Crippen LogP contribution in [0.4, 0.5) is 0 Å². The lowest BCUT2D eigenvalue weighted by atomic mass is 10.0. The molecule has 0 saturated carbocycles. The second-order valence-corrected chi connectivity index (χ2v) is 24.2. The van der Waals surface area contributed by atoms with Gasteiger partial charge in [0.1, 0.15) is 0 Å². The van der Waals surface area contributed by atoms with Gasteiger partial charge in [0.25, 0.3) is 0 Å². The van der Waals surface area contributed by atoms with Crippen molar-refractivity contribution < 1.29 is 24.5 Å². The Morgan fingerprint density at radius 3 is 0.947 bits per heavy atom. The largest absolute Gasteiger partial charge is 0.466 e. The summed E-state index contributed by atoms with van der Waals surface area (Å²) in [5, 5.41) is 23.4. The van der Waals surface area contributed by atoms with Crippen molar-refractivity contribution in [1.82, 2.24) is 5.32 Å². The number of carbonyl (C=O) groups excluding carboxylic acids is 2. The fraction of sp³-hybridized carbons (Fsp3) is 0.943. The number of allylic oxidation sites excluding steroid dienone is 2. The van der Waals surface area contributed by atoms with Crippen LogP contribution in [0.15, 0.2) is 12.2 Å². The van der Waals surface area contributed by atoms with Gasteiger partial charge in [-0.1, -0.05) is 347 Å². The van der Waals surface area contributed by atoms with Crippen molar-refractivity contribution >= 4 is 11.9 Å². The zero-order chi connectivity index (χ0) is 55.0. The van der Waals surface area contributed by atoms with E-state index in [1.165, 1.54) is 321 Å². The summed E-state index contributed by atoms with van der Waals surface area (Å²) in [6, 6.07) is -0.540. The van der Waals surface area contributed by atoms with Gasteiger partial charge in [-0.25, -0.2) is 0 Å². The molecule has 452 valence electrons. The Balaban J connectivity index is 3.35. The topological polar surface area (TPSA) is 95.9 Å². The van der Waals surface area contributed by atoms with Crippen molar-refractivity contribution in [2.75, 3.05) is 13.2 Å². The number of rotatable bonds is 66. The third kappa shape index (κ3) is 61.8. The van der Waals surface area contributed by atoms with Gasteiger partial charge in [-0.05, 0) is 51.4 Å². The standard InChI is InChI=1S/C70H137NO5/c1-3-5-7-9-11-13-15-17-18-19-20-29-32-35-39-42-46-50-54-58-62-68(73)67(66-72)71-69(74)63-59-55-51-47-43-40-36-33-30-27-25-23-21-22-24-26-28-31-34-37-41-45-49-53-57-61-65-76-70(75)64-60-56-52-48-44-38-16-14-12-10-8-6-4-2/h14,16,67-68,72-73H,3-13,15,17-66H2,1-2H3,(H,71,74)/b16-14-. The van der Waals surface area contributed by atoms with Gasteiger partial charge in [0.2, 0.25) is 5.91 Å². The molecule has 0 aliphatic rings. The molecule has 0 radical (unpaired) electrons. The minimum Gasteiger partial charge on any atom is -0.466 e. The number of hydrogen-bond acceptors (Lipinski definition) is 5. The Hall–Kier alpha value is -1.40. The maximum Gasteiger partial charge on any atom is 0.305 e. The molecule has 3 N–H and O–H groups in total. The normalized spacial score (nSPS) is 12.5. The minimum atomic E-state index is -0.663. The van der Waals surface area contributed by atoms with Crippen LogP contribution in [-0.4, -0.2) is 47.4 Å². The van der Waals surface area contributed by atoms with E-state index in [0.717, 1.165) is 44.9 Å². The third-order valence-electron chi connectivity index (χ3n) is 16.6. The molecule has 0 rings (SSSR count). The molecule has 0 aromatic carbocycles. The average Bonchev–Trinajstić information content (AvgIpc) is 3.42. The van der Waals surface area contributed by atoms with Crippen LogP contribution in [0.1, 0.15) is 399 Å². The first kappa shape index (κ1) is 74.6. The number of ether oxygens (including phenoxy) is 1. The van der Waals surface area contributed by atoms with E-state index in [1.807, 2.05) is 0 Å². The number of carbonyl (C=O) groups is 2. The summed E-state index contributed by atoms with van der Waals surface area (Å²) in [5.74, 6) is -0.0191. The summed E-state index contributed by atoms with van der Waals surface area (Å²) < 4.78 is 5.48. The molecule has 0 saturated heterocycles. The lowest BCUT2D eigenvalue weighted by Crippen LogP contribution is -2.45. The molecule has 0 aliphatic heterocycles. The number of unbranched alkanes of at least 4 members (excludes halogenated alkanes) is 53. The number of hydrogen-bond donors (Lipinski definition) is 3. The van der Waals surface area contributed by atoms with Crippen molar-refractivity contribution in [2.45, 2.75) is 411 Å². The molecule has 76 heavy (non-hydrogen) atoms. The summed E-state index contributed by atoms with van der Waals surface area (Å²) in [7, 11) is 0. The van der Waals surface area contributed by atoms with Crippen molar-refractivity contribution in [2.24, 2.45) is 0 Å². The molecule has 0 heterocycles. The number of esters is 1. The first-order valence-corrected chi connectivity index (χ1v) is 34.9. The summed E-state index contributed by atoms with van der Waals surface area (Å²) in [4.78, 5) is 24.6. The van der Waals surface area contributed by atoms with Crippen LogP contribution < -0.4 is 5.32 Å². The van der Waals surface area contributed by atoms with E-state index in [-0.39, 0.29) is 18.5 Å². The molecule has 2 unspecified atom stereocenters. The second kappa shape index (κ2) is 66.1. The second-order valence-electron chi connectivity index (χ2n) is 24.2. The molecular formula is C70H137NO5. The Labute approximate surface area is 476 Å². The highest BCUT2D eigenvalue weighted by molar-refractivity contribution is 5.76. The average molecular weight is 1070 g/mol. The first-order valence-electron chi connectivity index (χ1n) is 34.9. The third-order valence-corrected chi connectivity index (χ3v) is 16.6. The van der Waals surface area contributed by atoms with Gasteiger partial charge in [-0.15, -0.1) is 0 Å². The van der Waals surface area contributed by atoms with Gasteiger partial charge in [0, 0.05) is 12.8 Å². The highest BCUT2D eigenvalue weighted by Crippen LogP contribution is 2.19. The lowest BCUT2D eigenvalue weighted by molar-refractivity contribution is -0.143. The molecule has 6 heteroatoms. The summed E-state index contributed by atoms with van der Waals surface area (Å²) >= 11 is 0. The molecule has 0 fully saturated rings. The van der Waals surface area contributed by atoms with Gasteiger partial charge < -0.3 is 20.3 Å². The van der Waals surface area contributed by atoms with Crippen molar-refractivity contribution in [3.63, 3.8) is 0 Å². The fourth-order valence-electron chi connectivity index (χ4n) is 11.2. The van der Waals surface area contributed by atoms with E-state index < -0.39 is 12.1 Å². The Bertz CT molecular complexity index is 1140.